The quantitative estimate of drug-likeness (QED) is 0.736. The summed E-state index contributed by atoms with van der Waals surface area (Å²) in [6, 6.07) is 13.4. The van der Waals surface area contributed by atoms with Gasteiger partial charge in [-0.2, -0.15) is 0 Å². The van der Waals surface area contributed by atoms with Crippen LogP contribution < -0.4 is 5.73 Å². The zero-order valence-corrected chi connectivity index (χ0v) is 11.4. The van der Waals surface area contributed by atoms with Gasteiger partial charge in [-0.25, -0.2) is 4.98 Å². The van der Waals surface area contributed by atoms with Gasteiger partial charge in [0.1, 0.15) is 11.3 Å². The summed E-state index contributed by atoms with van der Waals surface area (Å²) in [6.07, 6.45) is 1.76. The van der Waals surface area contributed by atoms with Crippen LogP contribution in [0.2, 0.25) is 5.02 Å². The Bertz CT molecular complexity index is 779. The van der Waals surface area contributed by atoms with E-state index in [2.05, 4.69) is 4.98 Å². The minimum Gasteiger partial charge on any atom is -0.389 e. The Morgan fingerprint density at radius 2 is 2.00 bits per heavy atom. The number of hydrogen-bond donors (Lipinski definition) is 1. The maximum atomic E-state index is 6.00. The lowest BCUT2D eigenvalue weighted by molar-refractivity contribution is 1.09. The number of rotatable bonds is 2. The molecule has 0 bridgehead atoms. The van der Waals surface area contributed by atoms with Crippen molar-refractivity contribution < 1.29 is 0 Å². The van der Waals surface area contributed by atoms with Gasteiger partial charge in [0.15, 0.2) is 0 Å². The van der Waals surface area contributed by atoms with Crippen LogP contribution in [0.4, 0.5) is 0 Å². The van der Waals surface area contributed by atoms with Crippen molar-refractivity contribution in [1.29, 1.82) is 0 Å². The van der Waals surface area contributed by atoms with Crippen molar-refractivity contribution >= 4 is 39.8 Å². The molecule has 0 saturated heterocycles. The molecule has 0 aliphatic heterocycles. The van der Waals surface area contributed by atoms with Gasteiger partial charge >= 0.3 is 0 Å². The topological polar surface area (TPSA) is 43.8 Å². The first kappa shape index (κ1) is 12.1. The molecule has 0 radical (unpaired) electrons. The van der Waals surface area contributed by atoms with Crippen LogP contribution in [0.1, 0.15) is 5.56 Å². The number of fused-ring (bicyclic) bond motifs is 1. The van der Waals surface area contributed by atoms with Crippen molar-refractivity contribution in [2.24, 2.45) is 5.73 Å². The average molecular weight is 288 g/mol. The number of halogens is 1. The van der Waals surface area contributed by atoms with E-state index in [1.165, 1.54) is 0 Å². The number of para-hydroxylation sites is 2. The fourth-order valence-electron chi connectivity index (χ4n) is 2.07. The highest BCUT2D eigenvalue weighted by Crippen LogP contribution is 2.23. The van der Waals surface area contributed by atoms with Gasteiger partial charge < -0.3 is 5.73 Å². The molecule has 94 valence electrons. The normalized spacial score (nSPS) is 10.8. The largest absolute Gasteiger partial charge is 0.389 e. The molecule has 3 aromatic rings. The zero-order valence-electron chi connectivity index (χ0n) is 9.88. The Morgan fingerprint density at radius 3 is 2.79 bits per heavy atom. The first-order chi connectivity index (χ1) is 9.16. The van der Waals surface area contributed by atoms with Gasteiger partial charge in [-0.05, 0) is 30.3 Å². The van der Waals surface area contributed by atoms with E-state index >= 15 is 0 Å². The van der Waals surface area contributed by atoms with Crippen molar-refractivity contribution in [3.05, 3.63) is 59.4 Å². The standard InChI is InChI=1S/C14H10ClN3S/c15-9-5-6-12(10(7-9)14(16)19)18-8-17-11-3-1-2-4-13(11)18/h1-8H,(H2,16,19). The molecule has 0 aliphatic rings. The second kappa shape index (κ2) is 4.64. The number of nitrogens with zero attached hydrogens (tertiary/aromatic N) is 2. The van der Waals surface area contributed by atoms with Crippen LogP contribution in [0.5, 0.6) is 0 Å². The molecule has 19 heavy (non-hydrogen) atoms. The van der Waals surface area contributed by atoms with E-state index in [1.807, 2.05) is 41.0 Å². The summed E-state index contributed by atoms with van der Waals surface area (Å²) in [6.45, 7) is 0. The predicted molar refractivity (Wildman–Crippen MR) is 82.0 cm³/mol. The van der Waals surface area contributed by atoms with Gasteiger partial charge in [0, 0.05) is 10.6 Å². The molecule has 0 saturated carbocycles. The molecular weight excluding hydrogens is 278 g/mol. The molecule has 0 atom stereocenters. The highest BCUT2D eigenvalue weighted by atomic mass is 35.5. The highest BCUT2D eigenvalue weighted by Gasteiger charge is 2.10. The van der Waals surface area contributed by atoms with Gasteiger partial charge in [-0.3, -0.25) is 4.57 Å². The Hall–Kier alpha value is -1.91. The summed E-state index contributed by atoms with van der Waals surface area (Å²) in [5.74, 6) is 0. The van der Waals surface area contributed by atoms with Crippen LogP contribution in [0.3, 0.4) is 0 Å². The Kier molecular flexibility index (Phi) is 2.97. The molecule has 2 N–H and O–H groups in total. The van der Waals surface area contributed by atoms with Crippen LogP contribution in [-0.4, -0.2) is 14.5 Å². The van der Waals surface area contributed by atoms with Gasteiger partial charge in [-0.15, -0.1) is 0 Å². The first-order valence-corrected chi connectivity index (χ1v) is 6.47. The minimum absolute atomic E-state index is 0.315. The van der Waals surface area contributed by atoms with Crippen LogP contribution in [-0.2, 0) is 0 Å². The fourth-order valence-corrected chi connectivity index (χ4v) is 2.40. The summed E-state index contributed by atoms with van der Waals surface area (Å²) in [5, 5.41) is 0.607. The number of nitrogens with two attached hydrogens (primary N) is 1. The van der Waals surface area contributed by atoms with Crippen molar-refractivity contribution in [3.63, 3.8) is 0 Å². The summed E-state index contributed by atoms with van der Waals surface area (Å²) >= 11 is 11.1. The van der Waals surface area contributed by atoms with Crippen LogP contribution in [0, 0.1) is 0 Å². The van der Waals surface area contributed by atoms with E-state index in [9.17, 15) is 0 Å². The third kappa shape index (κ3) is 2.09. The maximum absolute atomic E-state index is 6.00. The summed E-state index contributed by atoms with van der Waals surface area (Å²) in [7, 11) is 0. The average Bonchev–Trinajstić information content (AvgIpc) is 2.82. The fraction of sp³-hybridized carbons (Fsp3) is 0. The number of imidazole rings is 1. The predicted octanol–water partition coefficient (Wildman–Crippen LogP) is 3.31. The van der Waals surface area contributed by atoms with Gasteiger partial charge in [0.25, 0.3) is 0 Å². The number of hydrogen-bond acceptors (Lipinski definition) is 2. The Morgan fingerprint density at radius 1 is 1.21 bits per heavy atom. The molecule has 1 heterocycles. The molecule has 0 unspecified atom stereocenters. The van der Waals surface area contributed by atoms with E-state index in [1.54, 1.807) is 12.4 Å². The lowest BCUT2D eigenvalue weighted by Crippen LogP contribution is -2.13. The van der Waals surface area contributed by atoms with Gasteiger partial charge in [-0.1, -0.05) is 36.0 Å². The molecular formula is C14H10ClN3S. The van der Waals surface area contributed by atoms with E-state index in [4.69, 9.17) is 29.6 Å². The molecule has 0 amide bonds. The molecule has 2 aromatic carbocycles. The Labute approximate surface area is 120 Å². The molecule has 3 rings (SSSR count). The van der Waals surface area contributed by atoms with Crippen molar-refractivity contribution in [2.45, 2.75) is 0 Å². The third-order valence-electron chi connectivity index (χ3n) is 2.94. The second-order valence-corrected chi connectivity index (χ2v) is 5.01. The maximum Gasteiger partial charge on any atom is 0.106 e. The summed E-state index contributed by atoms with van der Waals surface area (Å²) in [5.41, 5.74) is 9.32. The lowest BCUT2D eigenvalue weighted by atomic mass is 10.1. The molecule has 3 nitrogen and oxygen atoms in total. The van der Waals surface area contributed by atoms with Crippen LogP contribution >= 0.6 is 23.8 Å². The number of benzene rings is 2. The highest BCUT2D eigenvalue weighted by molar-refractivity contribution is 7.80. The second-order valence-electron chi connectivity index (χ2n) is 4.13. The van der Waals surface area contributed by atoms with Crippen LogP contribution in [0.15, 0.2) is 48.8 Å². The summed E-state index contributed by atoms with van der Waals surface area (Å²) < 4.78 is 1.96. The molecule has 0 spiro atoms. The zero-order chi connectivity index (χ0) is 13.4. The van der Waals surface area contributed by atoms with Gasteiger partial charge in [0.2, 0.25) is 0 Å². The summed E-state index contributed by atoms with van der Waals surface area (Å²) in [4.78, 5) is 4.68. The number of aromatic nitrogens is 2. The third-order valence-corrected chi connectivity index (χ3v) is 3.39. The smallest absolute Gasteiger partial charge is 0.106 e. The molecule has 0 fully saturated rings. The molecule has 1 aromatic heterocycles. The van der Waals surface area contributed by atoms with Crippen molar-refractivity contribution in [3.8, 4) is 5.69 Å². The van der Waals surface area contributed by atoms with E-state index in [0.717, 1.165) is 22.3 Å². The van der Waals surface area contributed by atoms with E-state index in [0.29, 0.717) is 10.0 Å². The Balaban J connectivity index is 2.30. The minimum atomic E-state index is 0.315. The lowest BCUT2D eigenvalue weighted by Gasteiger charge is -2.10. The van der Waals surface area contributed by atoms with Crippen LogP contribution in [0.25, 0.3) is 16.7 Å². The van der Waals surface area contributed by atoms with E-state index in [-0.39, 0.29) is 0 Å². The monoisotopic (exact) mass is 287 g/mol. The van der Waals surface area contributed by atoms with Crippen molar-refractivity contribution in [1.82, 2.24) is 9.55 Å². The molecule has 5 heteroatoms. The first-order valence-electron chi connectivity index (χ1n) is 5.68. The van der Waals surface area contributed by atoms with E-state index < -0.39 is 0 Å². The van der Waals surface area contributed by atoms with Gasteiger partial charge in [0.05, 0.1) is 16.7 Å². The SMILES string of the molecule is NC(=S)c1cc(Cl)ccc1-n1cnc2ccccc21. The molecule has 0 aliphatic carbocycles. The number of thiocarbonyl (C=S) groups is 1. The van der Waals surface area contributed by atoms with Crippen molar-refractivity contribution in [2.75, 3.05) is 0 Å².